The van der Waals surface area contributed by atoms with E-state index in [0.29, 0.717) is 0 Å². The summed E-state index contributed by atoms with van der Waals surface area (Å²) < 4.78 is 24.8. The van der Waals surface area contributed by atoms with Crippen molar-refractivity contribution in [2.24, 2.45) is 0 Å². The number of rotatable bonds is 3. The topological polar surface area (TPSA) is 76.3 Å². The van der Waals surface area contributed by atoms with Gasteiger partial charge in [0.2, 0.25) is 0 Å². The number of hydrogen-bond acceptors (Lipinski definition) is 4. The fourth-order valence-corrected chi connectivity index (χ4v) is 1.60. The number of aliphatic hydroxyl groups excluding tert-OH is 1. The second kappa shape index (κ2) is 4.58. The van der Waals surface area contributed by atoms with E-state index in [2.05, 4.69) is 20.9 Å². The number of nitrogens with zero attached hydrogens (tertiary/aromatic N) is 2. The summed E-state index contributed by atoms with van der Waals surface area (Å²) in [6.45, 7) is -0.553. The van der Waals surface area contributed by atoms with Crippen LogP contribution >= 0.6 is 15.9 Å². The third kappa shape index (κ3) is 2.45. The maximum Gasteiger partial charge on any atom is 0.373 e. The lowest BCUT2D eigenvalue weighted by Crippen LogP contribution is -2.03. The molecule has 0 atom stereocenters. The Morgan fingerprint density at radius 1 is 1.67 bits per heavy atom. The van der Waals surface area contributed by atoms with Crippen LogP contribution in [0, 0.1) is 10.1 Å². The van der Waals surface area contributed by atoms with Crippen molar-refractivity contribution >= 4 is 21.7 Å². The second-order valence-corrected chi connectivity index (χ2v) is 3.40. The first-order valence-corrected chi connectivity index (χ1v) is 4.49. The molecule has 0 spiro atoms. The molecule has 0 aliphatic heterocycles. The Balaban J connectivity index is 3.42. The summed E-state index contributed by atoms with van der Waals surface area (Å²) in [5, 5.41) is 19.2. The highest BCUT2D eigenvalue weighted by atomic mass is 79.9. The molecule has 5 nitrogen and oxygen atoms in total. The van der Waals surface area contributed by atoms with Crippen LogP contribution in [-0.4, -0.2) is 15.0 Å². The molecule has 15 heavy (non-hydrogen) atoms. The van der Waals surface area contributed by atoms with Gasteiger partial charge in [0.05, 0.1) is 0 Å². The highest BCUT2D eigenvalue weighted by Crippen LogP contribution is 2.34. The van der Waals surface area contributed by atoms with Gasteiger partial charge < -0.3 is 15.2 Å². The summed E-state index contributed by atoms with van der Waals surface area (Å²) in [5.41, 5.74) is -0.824. The summed E-state index contributed by atoms with van der Waals surface area (Å²) >= 11 is 2.77. The van der Waals surface area contributed by atoms with Crippen molar-refractivity contribution < 1.29 is 18.8 Å². The molecule has 0 unspecified atom stereocenters. The number of aromatic nitrogens is 1. The summed E-state index contributed by atoms with van der Waals surface area (Å²) in [6.07, 6.45) is -3.00. The molecular weight excluding hydrogens is 278 g/mol. The molecule has 0 amide bonds. The zero-order chi connectivity index (χ0) is 11.6. The highest BCUT2D eigenvalue weighted by molar-refractivity contribution is 9.10. The first kappa shape index (κ1) is 11.9. The molecule has 1 aromatic rings. The third-order valence-electron chi connectivity index (χ3n) is 1.59. The molecule has 8 heteroatoms. The van der Waals surface area contributed by atoms with E-state index in [0.717, 1.165) is 6.07 Å². The van der Waals surface area contributed by atoms with Gasteiger partial charge in [0.25, 0.3) is 6.43 Å². The van der Waals surface area contributed by atoms with Crippen LogP contribution in [0.25, 0.3) is 0 Å². The van der Waals surface area contributed by atoms with E-state index in [1.54, 1.807) is 0 Å². The molecule has 82 valence electrons. The standard InChI is InChI=1S/C7H5BrF2N2O3/c8-4-1-3(2-13)11-7(12(14)15)5(4)6(9)10/h1,6,13H,2H2. The number of halogens is 3. The zero-order valence-corrected chi connectivity index (χ0v) is 8.74. The minimum atomic E-state index is -3.00. The molecule has 0 saturated heterocycles. The van der Waals surface area contributed by atoms with E-state index in [-0.39, 0.29) is 10.2 Å². The molecule has 0 saturated carbocycles. The van der Waals surface area contributed by atoms with E-state index < -0.39 is 29.3 Å². The van der Waals surface area contributed by atoms with Crippen LogP contribution in [0.4, 0.5) is 14.6 Å². The number of alkyl halides is 2. The van der Waals surface area contributed by atoms with Crippen LogP contribution in [0.15, 0.2) is 10.5 Å². The van der Waals surface area contributed by atoms with E-state index in [9.17, 15) is 18.9 Å². The first-order chi connectivity index (χ1) is 6.97. The Labute approximate surface area is 91.0 Å². The predicted molar refractivity (Wildman–Crippen MR) is 49.5 cm³/mol. The van der Waals surface area contributed by atoms with Crippen LogP contribution in [0.1, 0.15) is 17.7 Å². The minimum Gasteiger partial charge on any atom is -0.388 e. The van der Waals surface area contributed by atoms with Gasteiger partial charge in [-0.3, -0.25) is 0 Å². The molecule has 0 aliphatic rings. The van der Waals surface area contributed by atoms with Crippen LogP contribution in [-0.2, 0) is 6.61 Å². The largest absolute Gasteiger partial charge is 0.388 e. The van der Waals surface area contributed by atoms with Crippen LogP contribution < -0.4 is 0 Å². The van der Waals surface area contributed by atoms with Crippen molar-refractivity contribution in [2.45, 2.75) is 13.0 Å². The molecule has 0 radical (unpaired) electrons. The lowest BCUT2D eigenvalue weighted by atomic mass is 10.2. The average molecular weight is 283 g/mol. The van der Waals surface area contributed by atoms with Gasteiger partial charge in [-0.25, -0.2) is 8.78 Å². The Hall–Kier alpha value is -1.15. The smallest absolute Gasteiger partial charge is 0.373 e. The lowest BCUT2D eigenvalue weighted by Gasteiger charge is -2.04. The predicted octanol–water partition coefficient (Wildman–Crippen LogP) is 2.18. The van der Waals surface area contributed by atoms with Gasteiger partial charge in [-0.15, -0.1) is 0 Å². The third-order valence-corrected chi connectivity index (χ3v) is 2.25. The van der Waals surface area contributed by atoms with Gasteiger partial charge in [-0.05, 0) is 25.8 Å². The molecule has 1 heterocycles. The van der Waals surface area contributed by atoms with Crippen molar-refractivity contribution in [1.29, 1.82) is 0 Å². The fraction of sp³-hybridized carbons (Fsp3) is 0.286. The molecular formula is C7H5BrF2N2O3. The quantitative estimate of drug-likeness (QED) is 0.681. The SMILES string of the molecule is O=[N+]([O-])c1nc(CO)cc(Br)c1C(F)F. The molecule has 1 rings (SSSR count). The lowest BCUT2D eigenvalue weighted by molar-refractivity contribution is -0.391. The summed E-state index contributed by atoms with van der Waals surface area (Å²) in [4.78, 5) is 12.8. The molecule has 1 N–H and O–H groups in total. The van der Waals surface area contributed by atoms with E-state index in [1.165, 1.54) is 0 Å². The summed E-state index contributed by atoms with van der Waals surface area (Å²) in [5.74, 6) is -0.941. The van der Waals surface area contributed by atoms with Gasteiger partial charge in [0.15, 0.2) is 5.69 Å². The van der Waals surface area contributed by atoms with E-state index in [1.807, 2.05) is 0 Å². The fourth-order valence-electron chi connectivity index (χ4n) is 0.981. The van der Waals surface area contributed by atoms with Gasteiger partial charge in [-0.1, -0.05) is 0 Å². The normalized spacial score (nSPS) is 10.7. The summed E-state index contributed by atoms with van der Waals surface area (Å²) in [6, 6.07) is 1.12. The Kier molecular flexibility index (Phi) is 3.64. The minimum absolute atomic E-state index is 0.0435. The molecule has 0 bridgehead atoms. The number of aliphatic hydroxyl groups is 1. The van der Waals surface area contributed by atoms with E-state index >= 15 is 0 Å². The highest BCUT2D eigenvalue weighted by Gasteiger charge is 2.27. The van der Waals surface area contributed by atoms with Crippen LogP contribution in [0.3, 0.4) is 0 Å². The van der Waals surface area contributed by atoms with Gasteiger partial charge in [0.1, 0.15) is 12.2 Å². The maximum absolute atomic E-state index is 12.4. The molecule has 0 fully saturated rings. The molecule has 0 aromatic carbocycles. The molecule has 1 aromatic heterocycles. The van der Waals surface area contributed by atoms with Crippen molar-refractivity contribution in [1.82, 2.24) is 4.98 Å². The Bertz CT molecular complexity index is 400. The van der Waals surface area contributed by atoms with Gasteiger partial charge in [0, 0.05) is 10.5 Å². The Morgan fingerprint density at radius 3 is 2.67 bits per heavy atom. The van der Waals surface area contributed by atoms with E-state index in [4.69, 9.17) is 5.11 Å². The van der Waals surface area contributed by atoms with Crippen LogP contribution in [0.2, 0.25) is 0 Å². The van der Waals surface area contributed by atoms with Crippen LogP contribution in [0.5, 0.6) is 0 Å². The Morgan fingerprint density at radius 2 is 2.27 bits per heavy atom. The van der Waals surface area contributed by atoms with Crippen molar-refractivity contribution in [3.63, 3.8) is 0 Å². The second-order valence-electron chi connectivity index (χ2n) is 2.55. The monoisotopic (exact) mass is 282 g/mol. The van der Waals surface area contributed by atoms with Crippen molar-refractivity contribution in [3.05, 3.63) is 31.9 Å². The van der Waals surface area contributed by atoms with Crippen molar-refractivity contribution in [2.75, 3.05) is 0 Å². The maximum atomic E-state index is 12.4. The average Bonchev–Trinajstić information content (AvgIpc) is 2.15. The number of hydrogen-bond donors (Lipinski definition) is 1. The summed E-state index contributed by atoms with van der Waals surface area (Å²) in [7, 11) is 0. The van der Waals surface area contributed by atoms with Gasteiger partial charge >= 0.3 is 5.82 Å². The number of pyridine rings is 1. The number of nitro groups is 1. The molecule has 0 aliphatic carbocycles. The van der Waals surface area contributed by atoms with Crippen molar-refractivity contribution in [3.8, 4) is 0 Å². The van der Waals surface area contributed by atoms with Gasteiger partial charge in [-0.2, -0.15) is 0 Å². The first-order valence-electron chi connectivity index (χ1n) is 3.70. The zero-order valence-electron chi connectivity index (χ0n) is 7.15.